The molecule has 0 N–H and O–H groups in total. The van der Waals surface area contributed by atoms with Crippen LogP contribution in [-0.4, -0.2) is 35.5 Å². The van der Waals surface area contributed by atoms with E-state index in [1.165, 1.54) is 115 Å². The van der Waals surface area contributed by atoms with E-state index in [9.17, 15) is 0 Å². The topological polar surface area (TPSA) is 28.2 Å². The molecule has 1 atom stereocenters. The molecular weight excluding hydrogens is 1150 g/mol. The van der Waals surface area contributed by atoms with Crippen LogP contribution >= 0.6 is 47.8 Å². The third-order valence-corrected chi connectivity index (χ3v) is 19.1. The Balaban J connectivity index is 1.17. The maximum atomic E-state index is 6.19. The lowest BCUT2D eigenvalue weighted by Crippen LogP contribution is -2.71. The van der Waals surface area contributed by atoms with Gasteiger partial charge in [-0.1, -0.05) is 181 Å². The Bertz CT molecular complexity index is 5380. The van der Waals surface area contributed by atoms with E-state index in [4.69, 9.17) is 4.99 Å². The first-order valence-corrected chi connectivity index (χ1v) is 28.7. The van der Waals surface area contributed by atoms with Crippen molar-refractivity contribution >= 4 is 158 Å². The summed E-state index contributed by atoms with van der Waals surface area (Å²) in [4.78, 5) is 6.19. The maximum Gasteiger partial charge on any atom is 0.499 e. The van der Waals surface area contributed by atoms with Crippen LogP contribution in [-0.2, 0) is 5.91 Å². The number of rotatable bonds is 3. The van der Waals surface area contributed by atoms with Gasteiger partial charge in [-0.25, -0.2) is 4.57 Å². The van der Waals surface area contributed by atoms with Crippen LogP contribution < -0.4 is 10.7 Å². The van der Waals surface area contributed by atoms with E-state index in [1.54, 1.807) is 0 Å². The largest absolute Gasteiger partial charge is 0.499 e. The van der Waals surface area contributed by atoms with Gasteiger partial charge in [0.1, 0.15) is 0 Å². The lowest BCUT2D eigenvalue weighted by Gasteiger charge is -2.41. The molecule has 8 heterocycles. The van der Waals surface area contributed by atoms with Crippen molar-refractivity contribution in [3.8, 4) is 0 Å². The van der Waals surface area contributed by atoms with Crippen LogP contribution in [0.2, 0.25) is 0 Å². The number of fused-ring (bicyclic) bond motifs is 16. The van der Waals surface area contributed by atoms with E-state index in [2.05, 4.69) is 284 Å². The summed E-state index contributed by atoms with van der Waals surface area (Å²) in [5, 5.41) is 16.6. The summed E-state index contributed by atoms with van der Waals surface area (Å²) in [7, 11) is 0. The molecule has 5 nitrogen and oxygen atoms in total. The lowest BCUT2D eigenvalue weighted by molar-refractivity contribution is -0.797. The van der Waals surface area contributed by atoms with Crippen molar-refractivity contribution in [1.29, 1.82) is 0 Å². The fraction of sp³-hybridized carbons (Fsp3) is 0.0143. The number of hydrogen-bond donors (Lipinski definition) is 0. The monoisotopic (exact) mass is 1180 g/mol. The summed E-state index contributed by atoms with van der Waals surface area (Å²) >= 11 is 11.6. The molecule has 0 saturated carbocycles. The Morgan fingerprint density at radius 2 is 0.718 bits per heavy atom. The standard InChI is InChI=1S/C70H36Br3N5/c71-48-23-17-37(18-24-48)59-62-51-29-40-9-1-3-11-42(40)31-53(51)64-60(38-19-25-49(72)26-20-38)66-55-33-44-13-5-7-15-46(44)35-57(55)68-74-69-58-36-47-16-8-6-14-45(47)34-56(58)67-61(39-21-27-50(73)28-22-39)65-54-32-43-12-4-2-10-41(43)30-52(54)63(59)76(65)70(75(62)64,77(66)68)78(67)69/h1-36H/q+2. The molecule has 0 radical (unpaired) electrons. The maximum absolute atomic E-state index is 6.19. The summed E-state index contributed by atoms with van der Waals surface area (Å²) in [5.41, 5.74) is 16.2. The molecule has 0 fully saturated rings. The van der Waals surface area contributed by atoms with Gasteiger partial charge in [0.25, 0.3) is 5.82 Å². The molecule has 11 aromatic carbocycles. The summed E-state index contributed by atoms with van der Waals surface area (Å²) in [6.45, 7) is 0. The van der Waals surface area contributed by atoms with Crippen molar-refractivity contribution in [2.75, 3.05) is 0 Å². The zero-order valence-electron chi connectivity index (χ0n) is 41.2. The van der Waals surface area contributed by atoms with Crippen molar-refractivity contribution < 1.29 is 9.15 Å². The third-order valence-electron chi connectivity index (χ3n) is 17.6. The van der Waals surface area contributed by atoms with Crippen LogP contribution in [0.5, 0.6) is 0 Å². The molecule has 1 unspecified atom stereocenters. The number of halogens is 3. The van der Waals surface area contributed by atoms with Gasteiger partial charge in [-0.05, 0) is 150 Å². The van der Waals surface area contributed by atoms with Gasteiger partial charge in [0.15, 0.2) is 5.71 Å². The minimum atomic E-state index is -1.16. The van der Waals surface area contributed by atoms with Crippen molar-refractivity contribution in [3.05, 3.63) is 287 Å². The number of aromatic nitrogens is 2. The van der Waals surface area contributed by atoms with E-state index < -0.39 is 5.91 Å². The summed E-state index contributed by atoms with van der Waals surface area (Å²) < 4.78 is 14.0. The molecule has 19 rings (SSSR count). The number of nitrogens with zero attached hydrogens (tertiary/aromatic N) is 5. The molecule has 0 bridgehead atoms. The molecule has 6 aliphatic rings. The normalized spacial score (nSPS) is 17.1. The van der Waals surface area contributed by atoms with Gasteiger partial charge in [0, 0.05) is 35.1 Å². The molecule has 6 aliphatic heterocycles. The minimum Gasteiger partial charge on any atom is -0.218 e. The van der Waals surface area contributed by atoms with Gasteiger partial charge < -0.3 is 0 Å². The quantitative estimate of drug-likeness (QED) is 0.158. The molecule has 13 aromatic rings. The fourth-order valence-corrected chi connectivity index (χ4v) is 15.3. The molecule has 1 spiro atoms. The number of aliphatic imine (C=N–C) groups is 1. The number of amidine groups is 1. The summed E-state index contributed by atoms with van der Waals surface area (Å²) in [6.07, 6.45) is 0. The molecule has 2 aromatic heterocycles. The van der Waals surface area contributed by atoms with Crippen LogP contribution in [0.25, 0.3) is 87.1 Å². The van der Waals surface area contributed by atoms with Crippen LogP contribution in [0, 0.1) is 0 Å². The highest BCUT2D eigenvalue weighted by Crippen LogP contribution is 2.59. The fourth-order valence-electron chi connectivity index (χ4n) is 14.5. The van der Waals surface area contributed by atoms with Crippen molar-refractivity contribution in [1.82, 2.24) is 9.13 Å². The second-order valence-corrected chi connectivity index (χ2v) is 24.2. The highest BCUT2D eigenvalue weighted by Gasteiger charge is 2.74. The highest BCUT2D eigenvalue weighted by atomic mass is 79.9. The van der Waals surface area contributed by atoms with Gasteiger partial charge in [0.05, 0.1) is 55.2 Å². The second-order valence-electron chi connectivity index (χ2n) is 21.4. The van der Waals surface area contributed by atoms with E-state index in [0.717, 1.165) is 64.1 Å². The predicted octanol–water partition coefficient (Wildman–Crippen LogP) is 15.7. The zero-order valence-corrected chi connectivity index (χ0v) is 45.9. The number of hydrogen-bond acceptors (Lipinski definition) is 1. The molecule has 0 saturated heterocycles. The van der Waals surface area contributed by atoms with Gasteiger partial charge >= 0.3 is 11.7 Å². The average Bonchev–Trinajstić information content (AvgIpc) is 1.67. The molecule has 8 heteroatoms. The first-order chi connectivity index (χ1) is 38.4. The van der Waals surface area contributed by atoms with Crippen LogP contribution in [0.1, 0.15) is 44.6 Å². The Labute approximate surface area is 470 Å². The smallest absolute Gasteiger partial charge is 0.218 e. The third kappa shape index (κ3) is 5.11. The first-order valence-electron chi connectivity index (χ1n) is 26.3. The van der Waals surface area contributed by atoms with Gasteiger partial charge in [-0.2, -0.15) is 4.57 Å². The van der Waals surface area contributed by atoms with Crippen molar-refractivity contribution in [2.24, 2.45) is 4.99 Å². The summed E-state index contributed by atoms with van der Waals surface area (Å²) in [6, 6.07) is 82.2. The van der Waals surface area contributed by atoms with Crippen molar-refractivity contribution in [3.63, 3.8) is 0 Å². The summed E-state index contributed by atoms with van der Waals surface area (Å²) in [5.74, 6) is 0.714. The first kappa shape index (κ1) is 42.6. The molecule has 78 heavy (non-hydrogen) atoms. The van der Waals surface area contributed by atoms with E-state index >= 15 is 0 Å². The Kier molecular flexibility index (Phi) is 8.04. The molecular formula is C70H36Br3N5+2. The molecule has 360 valence electrons. The van der Waals surface area contributed by atoms with Crippen LogP contribution in [0.15, 0.2) is 237 Å². The van der Waals surface area contributed by atoms with Crippen molar-refractivity contribution in [2.45, 2.75) is 5.91 Å². The highest BCUT2D eigenvalue weighted by molar-refractivity contribution is 9.11. The van der Waals surface area contributed by atoms with E-state index in [1.807, 2.05) is 0 Å². The molecule has 0 aliphatic carbocycles. The van der Waals surface area contributed by atoms with Crippen LogP contribution in [0.3, 0.4) is 0 Å². The number of benzene rings is 11. The molecule has 0 amide bonds. The Morgan fingerprint density at radius 1 is 0.346 bits per heavy atom. The Hall–Kier alpha value is -8.53. The zero-order chi connectivity index (χ0) is 51.0. The average molecular weight is 1190 g/mol. The minimum absolute atomic E-state index is 0.936. The SMILES string of the molecule is Brc1ccc(C2=C3c4cc5ccccc5cc4C4=[N+]3C35n6c(c7cc8ccccc8cc7c62)N=C2c6cc7ccccc7cc6C(=[N+]23)C(c2ccc(Br)cc2)=c2c3cc6ccccc6cc3c(n25)=C4c2ccc(Br)cc2)cc1. The van der Waals surface area contributed by atoms with Crippen LogP contribution in [0.4, 0.5) is 5.82 Å². The Morgan fingerprint density at radius 3 is 1.19 bits per heavy atom. The second kappa shape index (κ2) is 14.7. The lowest BCUT2D eigenvalue weighted by atomic mass is 9.89. The van der Waals surface area contributed by atoms with Gasteiger partial charge in [0.2, 0.25) is 11.4 Å². The van der Waals surface area contributed by atoms with Gasteiger partial charge in [-0.3, -0.25) is 0 Å². The van der Waals surface area contributed by atoms with Gasteiger partial charge in [-0.15, -0.1) is 9.15 Å². The predicted molar refractivity (Wildman–Crippen MR) is 328 cm³/mol. The van der Waals surface area contributed by atoms with E-state index in [0.29, 0.717) is 0 Å². The van der Waals surface area contributed by atoms with E-state index in [-0.39, 0.29) is 0 Å².